The summed E-state index contributed by atoms with van der Waals surface area (Å²) in [6.07, 6.45) is 4.27. The van der Waals surface area contributed by atoms with Gasteiger partial charge in [0.25, 0.3) is 0 Å². The molecule has 8 heteroatoms. The Bertz CT molecular complexity index is 637. The SMILES string of the molecule is COC(=O)c1sc(NC(=O)C2CC=CCC2C(=O)O)nc1C. The number of ether oxygens (including phenoxy) is 1. The lowest BCUT2D eigenvalue weighted by molar-refractivity contribution is -0.146. The summed E-state index contributed by atoms with van der Waals surface area (Å²) in [4.78, 5) is 39.5. The van der Waals surface area contributed by atoms with Gasteiger partial charge >= 0.3 is 11.9 Å². The molecule has 0 radical (unpaired) electrons. The van der Waals surface area contributed by atoms with Crippen LogP contribution in [0.5, 0.6) is 0 Å². The van der Waals surface area contributed by atoms with Crippen LogP contribution in [0.1, 0.15) is 28.2 Å². The Labute approximate surface area is 131 Å². The van der Waals surface area contributed by atoms with Gasteiger partial charge in [-0.05, 0) is 19.8 Å². The molecule has 1 aromatic rings. The third-order valence-electron chi connectivity index (χ3n) is 3.48. The number of carbonyl (C=O) groups is 3. The van der Waals surface area contributed by atoms with Gasteiger partial charge in [-0.2, -0.15) is 0 Å². The topological polar surface area (TPSA) is 106 Å². The van der Waals surface area contributed by atoms with Gasteiger partial charge < -0.3 is 15.2 Å². The first-order chi connectivity index (χ1) is 10.4. The molecule has 1 heterocycles. The number of nitrogens with zero attached hydrogens (tertiary/aromatic N) is 1. The number of nitrogens with one attached hydrogen (secondary N) is 1. The number of carbonyl (C=O) groups excluding carboxylic acids is 2. The first-order valence-electron chi connectivity index (χ1n) is 6.68. The van der Waals surface area contributed by atoms with Gasteiger partial charge in [-0.1, -0.05) is 23.5 Å². The molecule has 2 unspecified atom stereocenters. The molecule has 22 heavy (non-hydrogen) atoms. The molecular weight excluding hydrogens is 308 g/mol. The number of amides is 1. The predicted octanol–water partition coefficient (Wildman–Crippen LogP) is 1.84. The minimum atomic E-state index is -0.991. The number of hydrogen-bond acceptors (Lipinski definition) is 6. The molecular formula is C14H16N2O5S. The highest BCUT2D eigenvalue weighted by molar-refractivity contribution is 7.17. The average Bonchev–Trinajstić information content (AvgIpc) is 2.86. The van der Waals surface area contributed by atoms with Crippen molar-refractivity contribution in [3.63, 3.8) is 0 Å². The van der Waals surface area contributed by atoms with Crippen molar-refractivity contribution in [3.8, 4) is 0 Å². The van der Waals surface area contributed by atoms with E-state index in [2.05, 4.69) is 15.0 Å². The van der Waals surface area contributed by atoms with Crippen molar-refractivity contribution in [3.05, 3.63) is 22.7 Å². The summed E-state index contributed by atoms with van der Waals surface area (Å²) >= 11 is 1.01. The Balaban J connectivity index is 2.13. The Morgan fingerprint density at radius 2 is 1.95 bits per heavy atom. The van der Waals surface area contributed by atoms with E-state index in [1.54, 1.807) is 19.1 Å². The van der Waals surface area contributed by atoms with Gasteiger partial charge in [0.15, 0.2) is 5.13 Å². The lowest BCUT2D eigenvalue weighted by Gasteiger charge is -2.23. The second-order valence-electron chi connectivity index (χ2n) is 4.91. The highest BCUT2D eigenvalue weighted by atomic mass is 32.1. The molecule has 0 saturated heterocycles. The zero-order valence-electron chi connectivity index (χ0n) is 12.2. The van der Waals surface area contributed by atoms with Crippen molar-refractivity contribution in [1.29, 1.82) is 0 Å². The van der Waals surface area contributed by atoms with Crippen LogP contribution < -0.4 is 5.32 Å². The predicted molar refractivity (Wildman–Crippen MR) is 79.8 cm³/mol. The number of thiazole rings is 1. The maximum atomic E-state index is 12.3. The number of esters is 1. The molecule has 1 aliphatic carbocycles. The molecule has 0 aromatic carbocycles. The summed E-state index contributed by atoms with van der Waals surface area (Å²) in [6, 6.07) is 0. The summed E-state index contributed by atoms with van der Waals surface area (Å²) in [5.41, 5.74) is 0.463. The number of anilines is 1. The molecule has 118 valence electrons. The van der Waals surface area contributed by atoms with Crippen molar-refractivity contribution < 1.29 is 24.2 Å². The average molecular weight is 324 g/mol. The van der Waals surface area contributed by atoms with Crippen LogP contribution in [0, 0.1) is 18.8 Å². The third kappa shape index (κ3) is 3.33. The first kappa shape index (κ1) is 16.2. The number of carboxylic acids is 1. The Morgan fingerprint density at radius 1 is 1.32 bits per heavy atom. The summed E-state index contributed by atoms with van der Waals surface area (Å²) in [5.74, 6) is -3.30. The van der Waals surface area contributed by atoms with Crippen molar-refractivity contribution in [2.24, 2.45) is 11.8 Å². The fraction of sp³-hybridized carbons (Fsp3) is 0.429. The molecule has 7 nitrogen and oxygen atoms in total. The molecule has 1 amide bonds. The molecule has 1 aromatic heterocycles. The van der Waals surface area contributed by atoms with E-state index in [0.717, 1.165) is 11.3 Å². The van der Waals surface area contributed by atoms with Crippen LogP contribution >= 0.6 is 11.3 Å². The molecule has 0 fully saturated rings. The standard InChI is InChI=1S/C14H16N2O5S/c1-7-10(13(20)21-2)22-14(15-7)16-11(17)8-5-3-4-6-9(8)12(18)19/h3-4,8-9H,5-6H2,1-2H3,(H,18,19)(H,15,16,17). The van der Waals surface area contributed by atoms with E-state index in [9.17, 15) is 19.5 Å². The van der Waals surface area contributed by atoms with Crippen LogP contribution in [0.15, 0.2) is 12.2 Å². The van der Waals surface area contributed by atoms with Gasteiger partial charge in [0.05, 0.1) is 24.6 Å². The summed E-state index contributed by atoms with van der Waals surface area (Å²) in [7, 11) is 1.27. The van der Waals surface area contributed by atoms with E-state index in [1.165, 1.54) is 7.11 Å². The minimum Gasteiger partial charge on any atom is -0.481 e. The van der Waals surface area contributed by atoms with Crippen LogP contribution in [0.2, 0.25) is 0 Å². The smallest absolute Gasteiger partial charge is 0.350 e. The monoisotopic (exact) mass is 324 g/mol. The Kier molecular flexibility index (Phi) is 4.92. The maximum absolute atomic E-state index is 12.3. The van der Waals surface area contributed by atoms with E-state index in [-0.39, 0.29) is 5.13 Å². The van der Waals surface area contributed by atoms with E-state index < -0.39 is 29.7 Å². The van der Waals surface area contributed by atoms with Crippen LogP contribution in [0.3, 0.4) is 0 Å². The number of hydrogen-bond donors (Lipinski definition) is 2. The number of rotatable bonds is 4. The number of carboxylic acid groups (broad SMARTS) is 1. The Hall–Kier alpha value is -2.22. The van der Waals surface area contributed by atoms with Crippen molar-refractivity contribution in [2.45, 2.75) is 19.8 Å². The fourth-order valence-corrected chi connectivity index (χ4v) is 3.19. The number of aliphatic carboxylic acids is 1. The second kappa shape index (κ2) is 6.69. The molecule has 1 aliphatic rings. The molecule has 2 N–H and O–H groups in total. The maximum Gasteiger partial charge on any atom is 0.350 e. The third-order valence-corrected chi connectivity index (χ3v) is 4.54. The van der Waals surface area contributed by atoms with Crippen LogP contribution in [-0.4, -0.2) is 35.0 Å². The van der Waals surface area contributed by atoms with E-state index in [1.807, 2.05) is 0 Å². The summed E-state index contributed by atoms with van der Waals surface area (Å²) in [6.45, 7) is 1.64. The number of methoxy groups -OCH3 is 1. The summed E-state index contributed by atoms with van der Waals surface area (Å²) in [5, 5.41) is 12.1. The number of aryl methyl sites for hydroxylation is 1. The largest absolute Gasteiger partial charge is 0.481 e. The van der Waals surface area contributed by atoms with E-state index in [4.69, 9.17) is 0 Å². The lowest BCUT2D eigenvalue weighted by atomic mass is 9.82. The van der Waals surface area contributed by atoms with Crippen LogP contribution in [-0.2, 0) is 14.3 Å². The van der Waals surface area contributed by atoms with Gasteiger partial charge in [-0.25, -0.2) is 9.78 Å². The molecule has 0 saturated carbocycles. The first-order valence-corrected chi connectivity index (χ1v) is 7.50. The van der Waals surface area contributed by atoms with Gasteiger partial charge in [-0.15, -0.1) is 0 Å². The zero-order valence-corrected chi connectivity index (χ0v) is 13.0. The highest BCUT2D eigenvalue weighted by Gasteiger charge is 2.34. The Morgan fingerprint density at radius 3 is 2.55 bits per heavy atom. The lowest BCUT2D eigenvalue weighted by Crippen LogP contribution is -2.34. The van der Waals surface area contributed by atoms with Crippen LogP contribution in [0.25, 0.3) is 0 Å². The van der Waals surface area contributed by atoms with Crippen molar-refractivity contribution >= 4 is 34.3 Å². The molecule has 0 spiro atoms. The quantitative estimate of drug-likeness (QED) is 0.647. The fourth-order valence-electron chi connectivity index (χ4n) is 2.31. The second-order valence-corrected chi connectivity index (χ2v) is 5.91. The molecule has 2 atom stereocenters. The van der Waals surface area contributed by atoms with Gasteiger partial charge in [-0.3, -0.25) is 9.59 Å². The normalized spacial score (nSPS) is 20.5. The van der Waals surface area contributed by atoms with Gasteiger partial charge in [0, 0.05) is 0 Å². The van der Waals surface area contributed by atoms with Crippen molar-refractivity contribution in [2.75, 3.05) is 12.4 Å². The molecule has 2 rings (SSSR count). The van der Waals surface area contributed by atoms with Gasteiger partial charge in [0.2, 0.25) is 5.91 Å². The minimum absolute atomic E-state index is 0.265. The van der Waals surface area contributed by atoms with E-state index in [0.29, 0.717) is 23.4 Å². The number of allylic oxidation sites excluding steroid dienone is 2. The van der Waals surface area contributed by atoms with Gasteiger partial charge in [0.1, 0.15) is 4.88 Å². The molecule has 0 aliphatic heterocycles. The highest BCUT2D eigenvalue weighted by Crippen LogP contribution is 2.29. The van der Waals surface area contributed by atoms with E-state index >= 15 is 0 Å². The van der Waals surface area contributed by atoms with Crippen LogP contribution in [0.4, 0.5) is 5.13 Å². The molecule has 0 bridgehead atoms. The van der Waals surface area contributed by atoms with Crippen molar-refractivity contribution in [1.82, 2.24) is 4.98 Å². The summed E-state index contributed by atoms with van der Waals surface area (Å²) < 4.78 is 4.63. The number of aromatic nitrogens is 1. The zero-order chi connectivity index (χ0) is 16.3.